The van der Waals surface area contributed by atoms with E-state index in [2.05, 4.69) is 15.3 Å². The minimum absolute atomic E-state index is 0.000493. The molecule has 3 rings (SSSR count). The highest BCUT2D eigenvalue weighted by atomic mass is 35.5. The highest BCUT2D eigenvalue weighted by molar-refractivity contribution is 6.34. The number of amides is 1. The van der Waals surface area contributed by atoms with E-state index in [1.807, 2.05) is 0 Å². The van der Waals surface area contributed by atoms with Crippen LogP contribution in [0, 0.1) is 17.0 Å². The number of nitrogens with one attached hydrogen (secondary N) is 1. The normalized spacial score (nSPS) is 10.3. The minimum atomic E-state index is -0.577. The van der Waals surface area contributed by atoms with Crippen molar-refractivity contribution in [2.45, 2.75) is 6.92 Å². The summed E-state index contributed by atoms with van der Waals surface area (Å²) in [6, 6.07) is 10.6. The molecular weight excluding hydrogens is 372 g/mol. The summed E-state index contributed by atoms with van der Waals surface area (Å²) in [6.45, 7) is 1.80. The van der Waals surface area contributed by atoms with E-state index >= 15 is 0 Å². The molecule has 0 unspecified atom stereocenters. The Hall–Kier alpha value is -3.52. The average molecular weight is 385 g/mol. The van der Waals surface area contributed by atoms with Crippen molar-refractivity contribution in [1.29, 1.82) is 0 Å². The Labute approximate surface area is 158 Å². The van der Waals surface area contributed by atoms with Gasteiger partial charge in [0.05, 0.1) is 15.5 Å². The number of aromatic nitrogens is 2. The highest BCUT2D eigenvalue weighted by Crippen LogP contribution is 2.27. The fourth-order valence-electron chi connectivity index (χ4n) is 2.27. The number of aryl methyl sites for hydroxylation is 1. The van der Waals surface area contributed by atoms with Gasteiger partial charge in [-0.25, -0.2) is 9.97 Å². The van der Waals surface area contributed by atoms with Crippen LogP contribution in [0.3, 0.4) is 0 Å². The molecule has 0 radical (unpaired) electrons. The van der Waals surface area contributed by atoms with Gasteiger partial charge in [-0.15, -0.1) is 0 Å². The maximum absolute atomic E-state index is 12.4. The maximum Gasteiger partial charge on any atom is 0.321 e. The molecule has 2 aromatic carbocycles. The van der Waals surface area contributed by atoms with E-state index in [1.54, 1.807) is 43.6 Å². The van der Waals surface area contributed by atoms with Gasteiger partial charge in [-0.2, -0.15) is 0 Å². The number of nitro groups is 1. The zero-order valence-electron chi connectivity index (χ0n) is 14.0. The van der Waals surface area contributed by atoms with Crippen LogP contribution in [0.2, 0.25) is 5.02 Å². The second-order valence-electron chi connectivity index (χ2n) is 5.49. The molecular formula is C18H13ClN4O4. The fraction of sp³-hybridized carbons (Fsp3) is 0.0556. The Bertz CT molecular complexity index is 1010. The summed E-state index contributed by atoms with van der Waals surface area (Å²) >= 11 is 5.99. The number of anilines is 1. The first-order valence-electron chi connectivity index (χ1n) is 7.75. The number of non-ortho nitro benzene ring substituents is 1. The van der Waals surface area contributed by atoms with Crippen molar-refractivity contribution in [3.63, 3.8) is 0 Å². The molecule has 27 heavy (non-hydrogen) atoms. The molecule has 0 fully saturated rings. The van der Waals surface area contributed by atoms with Crippen LogP contribution in [0.4, 0.5) is 11.4 Å². The monoisotopic (exact) mass is 384 g/mol. The van der Waals surface area contributed by atoms with Crippen LogP contribution in [0.15, 0.2) is 54.9 Å². The van der Waals surface area contributed by atoms with E-state index in [9.17, 15) is 14.9 Å². The molecule has 0 bridgehead atoms. The maximum atomic E-state index is 12.4. The number of benzene rings is 2. The summed E-state index contributed by atoms with van der Waals surface area (Å²) in [6.07, 6.45) is 3.13. The lowest BCUT2D eigenvalue weighted by atomic mass is 10.1. The molecule has 136 valence electrons. The second-order valence-corrected chi connectivity index (χ2v) is 5.89. The summed E-state index contributed by atoms with van der Waals surface area (Å²) in [7, 11) is 0. The van der Waals surface area contributed by atoms with Crippen molar-refractivity contribution in [2.75, 3.05) is 5.32 Å². The molecule has 8 nitrogen and oxygen atoms in total. The lowest BCUT2D eigenvalue weighted by Crippen LogP contribution is -2.13. The lowest BCUT2D eigenvalue weighted by Gasteiger charge is -2.11. The molecule has 1 N–H and O–H groups in total. The van der Waals surface area contributed by atoms with Crippen LogP contribution in [-0.4, -0.2) is 20.8 Å². The third-order valence-corrected chi connectivity index (χ3v) is 3.92. The van der Waals surface area contributed by atoms with Gasteiger partial charge in [0.2, 0.25) is 0 Å². The van der Waals surface area contributed by atoms with Crippen LogP contribution < -0.4 is 10.1 Å². The summed E-state index contributed by atoms with van der Waals surface area (Å²) in [5.74, 6) is 0.0446. The number of nitro benzene ring substituents is 1. The van der Waals surface area contributed by atoms with E-state index in [4.69, 9.17) is 16.3 Å². The Morgan fingerprint density at radius 3 is 2.56 bits per heavy atom. The summed E-state index contributed by atoms with van der Waals surface area (Å²) < 4.78 is 5.54. The van der Waals surface area contributed by atoms with E-state index in [1.165, 1.54) is 12.1 Å². The van der Waals surface area contributed by atoms with Crippen LogP contribution in [-0.2, 0) is 0 Å². The van der Waals surface area contributed by atoms with Gasteiger partial charge in [-0.1, -0.05) is 11.6 Å². The first-order valence-corrected chi connectivity index (χ1v) is 8.12. The molecule has 1 aromatic heterocycles. The molecule has 0 aliphatic rings. The smallest absolute Gasteiger partial charge is 0.321 e. The number of carbonyl (C=O) groups excluding carboxylic acids is 1. The van der Waals surface area contributed by atoms with Crippen molar-refractivity contribution in [3.05, 3.63) is 81.1 Å². The summed E-state index contributed by atoms with van der Waals surface area (Å²) in [5, 5.41) is 13.5. The number of halogens is 1. The zero-order valence-corrected chi connectivity index (χ0v) is 14.8. The molecule has 0 aliphatic carbocycles. The van der Waals surface area contributed by atoms with Crippen LogP contribution >= 0.6 is 11.6 Å². The van der Waals surface area contributed by atoms with Gasteiger partial charge in [0.15, 0.2) is 0 Å². The van der Waals surface area contributed by atoms with E-state index < -0.39 is 10.8 Å². The van der Waals surface area contributed by atoms with E-state index in [0.717, 1.165) is 11.6 Å². The van der Waals surface area contributed by atoms with Crippen molar-refractivity contribution in [3.8, 4) is 11.8 Å². The van der Waals surface area contributed by atoms with Gasteiger partial charge < -0.3 is 10.1 Å². The first kappa shape index (κ1) is 18.3. The quantitative estimate of drug-likeness (QED) is 0.516. The van der Waals surface area contributed by atoms with Gasteiger partial charge in [0.25, 0.3) is 11.6 Å². The Kier molecular flexibility index (Phi) is 5.28. The largest absolute Gasteiger partial charge is 0.424 e. The first-order chi connectivity index (χ1) is 12.9. The van der Waals surface area contributed by atoms with Gasteiger partial charge in [-0.3, -0.25) is 14.9 Å². The SMILES string of the molecule is Cc1cc(Oc2ncccn2)ccc1NC(=O)c1ccc([N+](=O)[O-])cc1Cl. The molecule has 0 saturated carbocycles. The standard InChI is InChI=1S/C18H13ClN4O4/c1-11-9-13(27-18-20-7-2-8-21-18)4-6-16(11)22-17(24)14-5-3-12(23(25)26)10-15(14)19/h2-10H,1H3,(H,22,24). The van der Waals surface area contributed by atoms with Crippen LogP contribution in [0.25, 0.3) is 0 Å². The van der Waals surface area contributed by atoms with Crippen LogP contribution in [0.1, 0.15) is 15.9 Å². The number of nitrogens with zero attached hydrogens (tertiary/aromatic N) is 3. The number of carbonyl (C=O) groups is 1. The minimum Gasteiger partial charge on any atom is -0.424 e. The highest BCUT2D eigenvalue weighted by Gasteiger charge is 2.16. The van der Waals surface area contributed by atoms with Gasteiger partial charge in [-0.05, 0) is 42.8 Å². The fourth-order valence-corrected chi connectivity index (χ4v) is 2.54. The summed E-state index contributed by atoms with van der Waals surface area (Å²) in [5.41, 5.74) is 1.25. The number of hydrogen-bond donors (Lipinski definition) is 1. The van der Waals surface area contributed by atoms with Gasteiger partial charge >= 0.3 is 6.01 Å². The van der Waals surface area contributed by atoms with E-state index in [-0.39, 0.29) is 22.3 Å². The van der Waals surface area contributed by atoms with Crippen molar-refractivity contribution in [1.82, 2.24) is 9.97 Å². The molecule has 9 heteroatoms. The van der Waals surface area contributed by atoms with Gasteiger partial charge in [0, 0.05) is 30.2 Å². The van der Waals surface area contributed by atoms with Crippen molar-refractivity contribution >= 4 is 28.9 Å². The predicted molar refractivity (Wildman–Crippen MR) is 99.3 cm³/mol. The lowest BCUT2D eigenvalue weighted by molar-refractivity contribution is -0.384. The zero-order chi connectivity index (χ0) is 19.4. The molecule has 1 heterocycles. The third-order valence-electron chi connectivity index (χ3n) is 3.61. The summed E-state index contributed by atoms with van der Waals surface area (Å²) in [4.78, 5) is 30.6. The molecule has 1 amide bonds. The molecule has 0 atom stereocenters. The van der Waals surface area contributed by atoms with Crippen LogP contribution in [0.5, 0.6) is 11.8 Å². The Balaban J connectivity index is 1.75. The van der Waals surface area contributed by atoms with Crippen molar-refractivity contribution in [2.24, 2.45) is 0 Å². The number of rotatable bonds is 5. The Morgan fingerprint density at radius 1 is 1.19 bits per heavy atom. The molecule has 3 aromatic rings. The number of ether oxygens (including phenoxy) is 1. The van der Waals surface area contributed by atoms with Gasteiger partial charge in [0.1, 0.15) is 5.75 Å². The van der Waals surface area contributed by atoms with E-state index in [0.29, 0.717) is 11.4 Å². The average Bonchev–Trinajstić information content (AvgIpc) is 2.64. The molecule has 0 spiro atoms. The number of hydrogen-bond acceptors (Lipinski definition) is 6. The second kappa shape index (κ2) is 7.79. The van der Waals surface area contributed by atoms with Crippen molar-refractivity contribution < 1.29 is 14.5 Å². The Morgan fingerprint density at radius 2 is 1.93 bits per heavy atom. The molecule has 0 saturated heterocycles. The molecule has 0 aliphatic heterocycles. The third kappa shape index (κ3) is 4.36. The topological polar surface area (TPSA) is 107 Å². The predicted octanol–water partition coefficient (Wildman–Crippen LogP) is 4.39.